The van der Waals surface area contributed by atoms with Gasteiger partial charge >= 0.3 is 5.69 Å². The molecule has 2 rings (SSSR count). The maximum absolute atomic E-state index is 13.8. The number of aromatic amines is 1. The molecule has 112 valence electrons. The molecule has 0 bridgehead atoms. The summed E-state index contributed by atoms with van der Waals surface area (Å²) < 4.78 is 19.7. The molecule has 1 heterocycles. The highest BCUT2D eigenvalue weighted by molar-refractivity contribution is 5.67. The Morgan fingerprint density at radius 2 is 2.05 bits per heavy atom. The molecule has 2 aromatic rings. The lowest BCUT2D eigenvalue weighted by Gasteiger charge is -2.11. The Morgan fingerprint density at radius 3 is 2.71 bits per heavy atom. The highest BCUT2D eigenvalue weighted by Gasteiger charge is 2.18. The number of ether oxygens (including phenoxy) is 1. The molecule has 0 aliphatic carbocycles. The van der Waals surface area contributed by atoms with Crippen molar-refractivity contribution in [2.75, 3.05) is 13.7 Å². The van der Waals surface area contributed by atoms with Crippen molar-refractivity contribution in [3.05, 3.63) is 50.9 Å². The van der Waals surface area contributed by atoms with E-state index in [4.69, 9.17) is 4.74 Å². The lowest BCUT2D eigenvalue weighted by molar-refractivity contribution is 0.188. The van der Waals surface area contributed by atoms with Gasteiger partial charge in [-0.1, -0.05) is 18.2 Å². The second kappa shape index (κ2) is 6.36. The van der Waals surface area contributed by atoms with Crippen molar-refractivity contribution < 1.29 is 14.2 Å². The van der Waals surface area contributed by atoms with Crippen molar-refractivity contribution >= 4 is 0 Å². The maximum Gasteiger partial charge on any atom is 0.331 e. The fraction of sp³-hybridized carbons (Fsp3) is 0.286. The van der Waals surface area contributed by atoms with Gasteiger partial charge in [0, 0.05) is 25.8 Å². The van der Waals surface area contributed by atoms with Crippen LogP contribution in [0.5, 0.6) is 5.88 Å². The van der Waals surface area contributed by atoms with Crippen LogP contribution >= 0.6 is 0 Å². The zero-order valence-corrected chi connectivity index (χ0v) is 11.4. The van der Waals surface area contributed by atoms with Gasteiger partial charge in [-0.25, -0.2) is 9.18 Å². The summed E-state index contributed by atoms with van der Waals surface area (Å²) in [6.07, 6.45) is 0.465. The molecule has 0 saturated carbocycles. The number of hydrogen-bond acceptors (Lipinski definition) is 4. The summed E-state index contributed by atoms with van der Waals surface area (Å²) in [4.78, 5) is 25.7. The number of rotatable bonds is 5. The number of hydrogen-bond donors (Lipinski definition) is 2. The molecule has 0 saturated heterocycles. The molecular weight excluding hydrogens is 279 g/mol. The van der Waals surface area contributed by atoms with E-state index in [1.807, 2.05) is 0 Å². The first kappa shape index (κ1) is 15.0. The Bertz CT molecular complexity index is 751. The van der Waals surface area contributed by atoms with Crippen molar-refractivity contribution in [3.8, 4) is 17.0 Å². The third-order valence-corrected chi connectivity index (χ3v) is 3.05. The number of benzene rings is 1. The molecule has 0 radical (unpaired) electrons. The largest absolute Gasteiger partial charge is 0.494 e. The van der Waals surface area contributed by atoms with Crippen LogP contribution in [-0.4, -0.2) is 28.4 Å². The minimum Gasteiger partial charge on any atom is -0.494 e. The highest BCUT2D eigenvalue weighted by Crippen LogP contribution is 2.26. The summed E-state index contributed by atoms with van der Waals surface area (Å²) >= 11 is 0. The number of aromatic hydroxyl groups is 1. The van der Waals surface area contributed by atoms with Crippen molar-refractivity contribution in [2.45, 2.75) is 13.0 Å². The number of halogens is 1. The maximum atomic E-state index is 13.8. The summed E-state index contributed by atoms with van der Waals surface area (Å²) in [5.74, 6) is -1.20. The van der Waals surface area contributed by atoms with E-state index in [0.29, 0.717) is 13.0 Å². The average molecular weight is 294 g/mol. The van der Waals surface area contributed by atoms with Crippen molar-refractivity contribution in [3.63, 3.8) is 0 Å². The van der Waals surface area contributed by atoms with Gasteiger partial charge in [0.2, 0.25) is 5.88 Å². The van der Waals surface area contributed by atoms with Gasteiger partial charge in [0.1, 0.15) is 11.4 Å². The Kier molecular flexibility index (Phi) is 4.54. The topological polar surface area (TPSA) is 84.3 Å². The summed E-state index contributed by atoms with van der Waals surface area (Å²) in [6.45, 7) is 0.538. The average Bonchev–Trinajstić information content (AvgIpc) is 2.44. The van der Waals surface area contributed by atoms with Crippen molar-refractivity contribution in [1.29, 1.82) is 0 Å². The number of nitrogens with one attached hydrogen (secondary N) is 1. The van der Waals surface area contributed by atoms with Crippen LogP contribution in [-0.2, 0) is 11.3 Å². The molecule has 7 heteroatoms. The van der Waals surface area contributed by atoms with Crippen LogP contribution in [0.15, 0.2) is 33.9 Å². The van der Waals surface area contributed by atoms with Crippen molar-refractivity contribution in [1.82, 2.24) is 9.55 Å². The second-order valence-electron chi connectivity index (χ2n) is 4.44. The van der Waals surface area contributed by atoms with E-state index in [1.54, 1.807) is 0 Å². The van der Waals surface area contributed by atoms with E-state index in [1.165, 1.54) is 31.4 Å². The molecule has 0 unspecified atom stereocenters. The van der Waals surface area contributed by atoms with Crippen LogP contribution in [0.25, 0.3) is 11.1 Å². The molecule has 0 aliphatic rings. The van der Waals surface area contributed by atoms with Crippen LogP contribution in [0.3, 0.4) is 0 Å². The van der Waals surface area contributed by atoms with Gasteiger partial charge in [-0.15, -0.1) is 0 Å². The van der Waals surface area contributed by atoms with Gasteiger partial charge in [0.15, 0.2) is 0 Å². The SMILES string of the molecule is COCCCn1c(O)c(-c2ccccc2F)c(=O)[nH]c1=O. The van der Waals surface area contributed by atoms with E-state index in [0.717, 1.165) is 4.57 Å². The van der Waals surface area contributed by atoms with Gasteiger partial charge in [0.05, 0.1) is 0 Å². The van der Waals surface area contributed by atoms with Gasteiger partial charge in [0.25, 0.3) is 5.56 Å². The number of H-pyrrole nitrogens is 1. The van der Waals surface area contributed by atoms with E-state index in [-0.39, 0.29) is 17.7 Å². The molecule has 0 spiro atoms. The van der Waals surface area contributed by atoms with Crippen molar-refractivity contribution in [2.24, 2.45) is 0 Å². The summed E-state index contributed by atoms with van der Waals surface area (Å²) in [5.41, 5.74) is -1.89. The van der Waals surface area contributed by atoms with E-state index in [9.17, 15) is 19.1 Å². The molecule has 2 N–H and O–H groups in total. The minimum absolute atomic E-state index is 0.0586. The molecule has 0 fully saturated rings. The second-order valence-corrected chi connectivity index (χ2v) is 4.44. The summed E-state index contributed by atoms with van der Waals surface area (Å²) in [7, 11) is 1.51. The smallest absolute Gasteiger partial charge is 0.331 e. The van der Waals surface area contributed by atoms with Crippen LogP contribution in [0, 0.1) is 5.82 Å². The third-order valence-electron chi connectivity index (χ3n) is 3.05. The molecule has 6 nitrogen and oxygen atoms in total. The molecule has 0 aliphatic heterocycles. The Hall–Kier alpha value is -2.41. The zero-order valence-electron chi connectivity index (χ0n) is 11.4. The molecule has 0 amide bonds. The molecule has 0 atom stereocenters. The number of methoxy groups -OCH3 is 1. The van der Waals surface area contributed by atoms with Gasteiger partial charge in [-0.05, 0) is 12.5 Å². The van der Waals surface area contributed by atoms with Gasteiger partial charge in [-0.3, -0.25) is 14.3 Å². The van der Waals surface area contributed by atoms with Crippen LogP contribution in [0.1, 0.15) is 6.42 Å². The van der Waals surface area contributed by atoms with Gasteiger partial charge < -0.3 is 9.84 Å². The first-order valence-electron chi connectivity index (χ1n) is 6.36. The predicted octanol–water partition coefficient (Wildman–Crippen LogP) is 1.08. The number of nitrogens with zero attached hydrogens (tertiary/aromatic N) is 1. The monoisotopic (exact) mass is 294 g/mol. The first-order valence-corrected chi connectivity index (χ1v) is 6.36. The molecule has 1 aromatic carbocycles. The fourth-order valence-electron chi connectivity index (χ4n) is 2.04. The Labute approximate surface area is 119 Å². The summed E-state index contributed by atoms with van der Waals surface area (Å²) in [6, 6.07) is 5.55. The normalized spacial score (nSPS) is 10.8. The molecular formula is C14H15FN2O4. The third kappa shape index (κ3) is 3.03. The first-order chi connectivity index (χ1) is 10.1. The standard InChI is InChI=1S/C14H15FN2O4/c1-21-8-4-7-17-13(19)11(12(18)16-14(17)20)9-5-2-3-6-10(9)15/h2-3,5-6,19H,4,7-8H2,1H3,(H,16,18,20). The minimum atomic E-state index is -0.828. The summed E-state index contributed by atoms with van der Waals surface area (Å²) in [5, 5.41) is 10.2. The Morgan fingerprint density at radius 1 is 1.33 bits per heavy atom. The van der Waals surface area contributed by atoms with E-state index in [2.05, 4.69) is 4.98 Å². The zero-order chi connectivity index (χ0) is 15.4. The number of aromatic nitrogens is 2. The molecule has 21 heavy (non-hydrogen) atoms. The quantitative estimate of drug-likeness (QED) is 0.808. The Balaban J connectivity index is 2.57. The molecule has 1 aromatic heterocycles. The lowest BCUT2D eigenvalue weighted by atomic mass is 10.1. The fourth-order valence-corrected chi connectivity index (χ4v) is 2.04. The van der Waals surface area contributed by atoms with Crippen LogP contribution in [0.4, 0.5) is 4.39 Å². The van der Waals surface area contributed by atoms with E-state index >= 15 is 0 Å². The van der Waals surface area contributed by atoms with Crippen LogP contribution in [0.2, 0.25) is 0 Å². The van der Waals surface area contributed by atoms with E-state index < -0.39 is 22.9 Å². The van der Waals surface area contributed by atoms with Crippen LogP contribution < -0.4 is 11.2 Å². The highest BCUT2D eigenvalue weighted by atomic mass is 19.1. The predicted molar refractivity (Wildman–Crippen MR) is 74.9 cm³/mol. The van der Waals surface area contributed by atoms with Gasteiger partial charge in [-0.2, -0.15) is 0 Å². The lowest BCUT2D eigenvalue weighted by Crippen LogP contribution is -2.31.